The van der Waals surface area contributed by atoms with Gasteiger partial charge in [0.25, 0.3) is 5.91 Å². The summed E-state index contributed by atoms with van der Waals surface area (Å²) < 4.78 is 0. The molecule has 0 unspecified atom stereocenters. The molecule has 144 valence electrons. The Hall–Kier alpha value is -3.28. The number of pyridine rings is 1. The minimum Gasteiger partial charge on any atom is -0.366 e. The molecule has 0 aliphatic carbocycles. The second-order valence-electron chi connectivity index (χ2n) is 6.62. The lowest BCUT2D eigenvalue weighted by Crippen LogP contribution is -2.28. The van der Waals surface area contributed by atoms with Crippen LogP contribution in [-0.2, 0) is 6.54 Å². The van der Waals surface area contributed by atoms with Crippen molar-refractivity contribution in [2.75, 3.05) is 18.9 Å². The van der Waals surface area contributed by atoms with Crippen LogP contribution in [0.3, 0.4) is 0 Å². The first-order valence-corrected chi connectivity index (χ1v) is 9.50. The Morgan fingerprint density at radius 2 is 1.82 bits per heavy atom. The van der Waals surface area contributed by atoms with E-state index in [1.807, 2.05) is 49.5 Å². The molecule has 3 rings (SSSR count). The highest BCUT2D eigenvalue weighted by Crippen LogP contribution is 2.19. The summed E-state index contributed by atoms with van der Waals surface area (Å²) in [6.45, 7) is 3.41. The number of hydrogen-bond donors (Lipinski definition) is 1. The Balaban J connectivity index is 1.89. The lowest BCUT2D eigenvalue weighted by molar-refractivity contribution is 0.0787. The fraction of sp³-hybridized carbons (Fsp3) is 0.273. The maximum Gasteiger partial charge on any atom is 0.272 e. The number of amides is 1. The van der Waals surface area contributed by atoms with E-state index >= 15 is 0 Å². The number of aromatic nitrogens is 3. The van der Waals surface area contributed by atoms with Gasteiger partial charge in [0.15, 0.2) is 5.82 Å². The molecule has 0 aliphatic rings. The number of hydrogen-bond acceptors (Lipinski definition) is 5. The van der Waals surface area contributed by atoms with E-state index in [2.05, 4.69) is 27.2 Å². The summed E-state index contributed by atoms with van der Waals surface area (Å²) >= 11 is 0. The number of carbonyl (C=O) groups excluding carboxylic acids is 1. The second-order valence-corrected chi connectivity index (χ2v) is 6.62. The highest BCUT2D eigenvalue weighted by Gasteiger charge is 2.16. The Labute approximate surface area is 165 Å². The van der Waals surface area contributed by atoms with Gasteiger partial charge >= 0.3 is 0 Å². The molecule has 0 fully saturated rings. The summed E-state index contributed by atoms with van der Waals surface area (Å²) in [6, 6.07) is 15.3. The molecule has 0 radical (unpaired) electrons. The average molecular weight is 375 g/mol. The highest BCUT2D eigenvalue weighted by atomic mass is 16.2. The minimum atomic E-state index is -0.0972. The first-order chi connectivity index (χ1) is 13.7. The largest absolute Gasteiger partial charge is 0.366 e. The van der Waals surface area contributed by atoms with Crippen molar-refractivity contribution in [3.05, 3.63) is 72.2 Å². The molecule has 1 amide bonds. The van der Waals surface area contributed by atoms with Crippen LogP contribution in [0.5, 0.6) is 0 Å². The third-order valence-corrected chi connectivity index (χ3v) is 4.39. The van der Waals surface area contributed by atoms with E-state index in [0.29, 0.717) is 30.4 Å². The van der Waals surface area contributed by atoms with E-state index in [9.17, 15) is 4.79 Å². The van der Waals surface area contributed by atoms with Gasteiger partial charge in [-0.2, -0.15) is 0 Å². The molecule has 1 N–H and O–H groups in total. The zero-order valence-corrected chi connectivity index (χ0v) is 16.3. The van der Waals surface area contributed by atoms with Gasteiger partial charge in [0, 0.05) is 44.2 Å². The molecule has 1 aromatic carbocycles. The predicted octanol–water partition coefficient (Wildman–Crippen LogP) is 4.02. The summed E-state index contributed by atoms with van der Waals surface area (Å²) in [5.74, 6) is 1.06. The van der Waals surface area contributed by atoms with E-state index in [0.717, 1.165) is 24.0 Å². The van der Waals surface area contributed by atoms with Crippen LogP contribution < -0.4 is 5.32 Å². The van der Waals surface area contributed by atoms with Crippen molar-refractivity contribution < 1.29 is 4.79 Å². The van der Waals surface area contributed by atoms with Crippen LogP contribution in [0, 0.1) is 0 Å². The Morgan fingerprint density at radius 1 is 1.07 bits per heavy atom. The van der Waals surface area contributed by atoms with Gasteiger partial charge in [0.05, 0.1) is 0 Å². The molecule has 0 bridgehead atoms. The number of nitrogens with one attached hydrogen (secondary N) is 1. The first kappa shape index (κ1) is 19.5. The highest BCUT2D eigenvalue weighted by molar-refractivity contribution is 5.93. The summed E-state index contributed by atoms with van der Waals surface area (Å²) in [6.07, 6.45) is 5.51. The molecule has 0 spiro atoms. The molecule has 2 heterocycles. The smallest absolute Gasteiger partial charge is 0.272 e. The Morgan fingerprint density at radius 3 is 2.54 bits per heavy atom. The maximum absolute atomic E-state index is 12.9. The topological polar surface area (TPSA) is 71.0 Å². The van der Waals surface area contributed by atoms with E-state index in [1.165, 1.54) is 0 Å². The fourth-order valence-corrected chi connectivity index (χ4v) is 2.75. The number of rotatable bonds is 8. The van der Waals surface area contributed by atoms with Crippen LogP contribution in [0.4, 0.5) is 5.82 Å². The molecule has 0 atom stereocenters. The van der Waals surface area contributed by atoms with Crippen LogP contribution in [0.25, 0.3) is 11.4 Å². The van der Waals surface area contributed by atoms with E-state index in [1.54, 1.807) is 23.4 Å². The van der Waals surface area contributed by atoms with Crippen molar-refractivity contribution in [1.29, 1.82) is 0 Å². The monoisotopic (exact) mass is 375 g/mol. The van der Waals surface area contributed by atoms with Crippen molar-refractivity contribution in [2.45, 2.75) is 26.3 Å². The fourth-order valence-electron chi connectivity index (χ4n) is 2.75. The number of unbranched alkanes of at least 4 members (excludes halogenated alkanes) is 1. The number of nitrogens with zero attached hydrogens (tertiary/aromatic N) is 4. The van der Waals surface area contributed by atoms with Gasteiger partial charge in [-0.25, -0.2) is 9.97 Å². The van der Waals surface area contributed by atoms with Crippen molar-refractivity contribution in [2.24, 2.45) is 0 Å². The van der Waals surface area contributed by atoms with Gasteiger partial charge in [0.2, 0.25) is 0 Å². The van der Waals surface area contributed by atoms with E-state index in [4.69, 9.17) is 0 Å². The first-order valence-electron chi connectivity index (χ1n) is 9.50. The van der Waals surface area contributed by atoms with Gasteiger partial charge < -0.3 is 10.2 Å². The second kappa shape index (κ2) is 9.60. The Bertz CT molecular complexity index is 899. The molecule has 0 saturated heterocycles. The number of anilines is 1. The van der Waals surface area contributed by atoms with Gasteiger partial charge in [0.1, 0.15) is 11.5 Å². The lowest BCUT2D eigenvalue weighted by Gasteiger charge is -2.17. The lowest BCUT2D eigenvalue weighted by atomic mass is 10.2. The van der Waals surface area contributed by atoms with Gasteiger partial charge in [-0.05, 0) is 24.1 Å². The van der Waals surface area contributed by atoms with E-state index < -0.39 is 0 Å². The van der Waals surface area contributed by atoms with Crippen molar-refractivity contribution >= 4 is 11.7 Å². The summed E-state index contributed by atoms with van der Waals surface area (Å²) in [4.78, 5) is 27.8. The summed E-state index contributed by atoms with van der Waals surface area (Å²) in [5.41, 5.74) is 2.35. The van der Waals surface area contributed by atoms with Crippen molar-refractivity contribution in [3.63, 3.8) is 0 Å². The molecule has 28 heavy (non-hydrogen) atoms. The SMILES string of the molecule is CCCCN(C)C(=O)c1cc(NCc2ccncc2)nc(-c2ccccc2)n1. The predicted molar refractivity (Wildman–Crippen MR) is 111 cm³/mol. The standard InChI is InChI=1S/C22H25N5O/c1-3-4-14-27(2)22(28)19-15-20(24-16-17-10-12-23-13-11-17)26-21(25-19)18-8-6-5-7-9-18/h5-13,15H,3-4,14,16H2,1-2H3,(H,24,25,26). The van der Waals surface area contributed by atoms with Crippen molar-refractivity contribution in [3.8, 4) is 11.4 Å². The van der Waals surface area contributed by atoms with E-state index in [-0.39, 0.29) is 5.91 Å². The summed E-state index contributed by atoms with van der Waals surface area (Å²) in [5, 5.41) is 3.30. The molecule has 0 aliphatic heterocycles. The van der Waals surface area contributed by atoms with Crippen LogP contribution in [-0.4, -0.2) is 39.4 Å². The van der Waals surface area contributed by atoms with Crippen LogP contribution in [0.1, 0.15) is 35.8 Å². The molecule has 2 aromatic heterocycles. The van der Waals surface area contributed by atoms with Crippen LogP contribution >= 0.6 is 0 Å². The van der Waals surface area contributed by atoms with Gasteiger partial charge in [-0.15, -0.1) is 0 Å². The molecule has 6 nitrogen and oxygen atoms in total. The molecular weight excluding hydrogens is 350 g/mol. The number of carbonyl (C=O) groups is 1. The number of benzene rings is 1. The third kappa shape index (κ3) is 5.13. The molecule has 3 aromatic rings. The normalized spacial score (nSPS) is 10.5. The zero-order chi connectivity index (χ0) is 19.8. The van der Waals surface area contributed by atoms with Crippen LogP contribution in [0.2, 0.25) is 0 Å². The van der Waals surface area contributed by atoms with Crippen LogP contribution in [0.15, 0.2) is 60.9 Å². The molecule has 0 saturated carbocycles. The van der Waals surface area contributed by atoms with Gasteiger partial charge in [-0.1, -0.05) is 43.7 Å². The minimum absolute atomic E-state index is 0.0972. The zero-order valence-electron chi connectivity index (χ0n) is 16.3. The Kier molecular flexibility index (Phi) is 6.68. The third-order valence-electron chi connectivity index (χ3n) is 4.39. The quantitative estimate of drug-likeness (QED) is 0.644. The maximum atomic E-state index is 12.9. The summed E-state index contributed by atoms with van der Waals surface area (Å²) in [7, 11) is 1.81. The molecule has 6 heteroatoms. The van der Waals surface area contributed by atoms with Crippen molar-refractivity contribution in [1.82, 2.24) is 19.9 Å². The molecular formula is C22H25N5O. The van der Waals surface area contributed by atoms with Gasteiger partial charge in [-0.3, -0.25) is 9.78 Å². The average Bonchev–Trinajstić information content (AvgIpc) is 2.76.